The number of carbonyl (C=O) groups is 1. The molecular formula is C8H13F3O5. The zero-order chi connectivity index (χ0) is 12.4. The minimum absolute atomic E-state index is 0.00646. The van der Waals surface area contributed by atoms with Gasteiger partial charge >= 0.3 is 12.1 Å². The molecule has 0 fully saturated rings. The molecule has 0 unspecified atom stereocenters. The van der Waals surface area contributed by atoms with E-state index in [0.29, 0.717) is 0 Å². The lowest BCUT2D eigenvalue weighted by Crippen LogP contribution is -2.19. The van der Waals surface area contributed by atoms with Crippen molar-refractivity contribution in [3.63, 3.8) is 0 Å². The molecule has 0 heterocycles. The summed E-state index contributed by atoms with van der Waals surface area (Å²) in [6.45, 7) is -1.70. The second kappa shape index (κ2) is 8.31. The van der Waals surface area contributed by atoms with Gasteiger partial charge in [0.1, 0.15) is 13.2 Å². The molecule has 0 aromatic carbocycles. The van der Waals surface area contributed by atoms with E-state index in [-0.39, 0.29) is 26.4 Å². The summed E-state index contributed by atoms with van der Waals surface area (Å²) >= 11 is 0. The van der Waals surface area contributed by atoms with E-state index < -0.39 is 25.4 Å². The van der Waals surface area contributed by atoms with Crippen LogP contribution in [0.2, 0.25) is 0 Å². The first-order valence-corrected chi connectivity index (χ1v) is 4.43. The van der Waals surface area contributed by atoms with E-state index in [1.54, 1.807) is 0 Å². The number of halogens is 3. The van der Waals surface area contributed by atoms with Gasteiger partial charge in [0.2, 0.25) is 0 Å². The summed E-state index contributed by atoms with van der Waals surface area (Å²) in [7, 11) is 0. The second-order valence-corrected chi connectivity index (χ2v) is 2.73. The number of ether oxygens (including phenoxy) is 3. The average molecular weight is 246 g/mol. The maximum Gasteiger partial charge on any atom is 0.411 e. The highest BCUT2D eigenvalue weighted by atomic mass is 19.4. The highest BCUT2D eigenvalue weighted by Crippen LogP contribution is 2.13. The summed E-state index contributed by atoms with van der Waals surface area (Å²) in [4.78, 5) is 9.97. The average Bonchev–Trinajstić information content (AvgIpc) is 2.13. The van der Waals surface area contributed by atoms with Gasteiger partial charge in [0.05, 0.1) is 26.4 Å². The van der Waals surface area contributed by atoms with Gasteiger partial charge in [0.15, 0.2) is 0 Å². The Hall–Kier alpha value is -0.860. The molecule has 5 nitrogen and oxygen atoms in total. The number of carboxylic acid groups (broad SMARTS) is 1. The van der Waals surface area contributed by atoms with Gasteiger partial charge in [-0.1, -0.05) is 0 Å². The third kappa shape index (κ3) is 13.1. The van der Waals surface area contributed by atoms with Crippen LogP contribution in [0.1, 0.15) is 0 Å². The highest BCUT2D eigenvalue weighted by molar-refractivity contribution is 5.67. The molecule has 0 aromatic heterocycles. The Morgan fingerprint density at radius 1 is 1.00 bits per heavy atom. The highest BCUT2D eigenvalue weighted by Gasteiger charge is 2.27. The Bertz CT molecular complexity index is 195. The molecule has 0 atom stereocenters. The fraction of sp³-hybridized carbons (Fsp3) is 0.875. The Kier molecular flexibility index (Phi) is 7.86. The molecule has 0 saturated carbocycles. The summed E-state index contributed by atoms with van der Waals surface area (Å²) in [5.74, 6) is -1.09. The lowest BCUT2D eigenvalue weighted by molar-refractivity contribution is -0.176. The quantitative estimate of drug-likeness (QED) is 0.606. The minimum Gasteiger partial charge on any atom is -0.480 e. The van der Waals surface area contributed by atoms with Crippen molar-refractivity contribution in [3.8, 4) is 0 Å². The third-order valence-corrected chi connectivity index (χ3v) is 1.24. The van der Waals surface area contributed by atoms with Crippen LogP contribution in [-0.2, 0) is 19.0 Å². The normalized spacial score (nSPS) is 11.7. The number of alkyl halides is 3. The Morgan fingerprint density at radius 3 is 2.00 bits per heavy atom. The molecule has 8 heteroatoms. The summed E-state index contributed by atoms with van der Waals surface area (Å²) in [6.07, 6.45) is -4.33. The molecule has 0 aliphatic carbocycles. The molecule has 0 saturated heterocycles. The van der Waals surface area contributed by atoms with Gasteiger partial charge in [0, 0.05) is 0 Å². The maximum absolute atomic E-state index is 11.6. The van der Waals surface area contributed by atoms with Crippen molar-refractivity contribution < 1.29 is 37.3 Å². The molecule has 1 N–H and O–H groups in total. The molecular weight excluding hydrogens is 233 g/mol. The van der Waals surface area contributed by atoms with Crippen LogP contribution in [0.3, 0.4) is 0 Å². The predicted molar refractivity (Wildman–Crippen MR) is 46.1 cm³/mol. The molecule has 0 bridgehead atoms. The van der Waals surface area contributed by atoms with E-state index in [1.165, 1.54) is 0 Å². The van der Waals surface area contributed by atoms with E-state index in [2.05, 4.69) is 9.47 Å². The number of rotatable bonds is 9. The maximum atomic E-state index is 11.6. The fourth-order valence-corrected chi connectivity index (χ4v) is 0.685. The van der Waals surface area contributed by atoms with Crippen LogP contribution in [0.5, 0.6) is 0 Å². The van der Waals surface area contributed by atoms with Gasteiger partial charge in [-0.05, 0) is 0 Å². The second-order valence-electron chi connectivity index (χ2n) is 2.73. The first-order valence-electron chi connectivity index (χ1n) is 4.43. The van der Waals surface area contributed by atoms with Crippen LogP contribution in [0, 0.1) is 0 Å². The van der Waals surface area contributed by atoms with Crippen molar-refractivity contribution in [3.05, 3.63) is 0 Å². The monoisotopic (exact) mass is 246 g/mol. The first kappa shape index (κ1) is 15.1. The van der Waals surface area contributed by atoms with E-state index >= 15 is 0 Å². The number of hydrogen-bond donors (Lipinski definition) is 1. The zero-order valence-corrected chi connectivity index (χ0v) is 8.46. The molecule has 96 valence electrons. The van der Waals surface area contributed by atoms with E-state index in [4.69, 9.17) is 9.84 Å². The van der Waals surface area contributed by atoms with Crippen LogP contribution in [0.25, 0.3) is 0 Å². The summed E-state index contributed by atoms with van der Waals surface area (Å²) < 4.78 is 48.4. The smallest absolute Gasteiger partial charge is 0.411 e. The number of hydrogen-bond acceptors (Lipinski definition) is 4. The molecule has 0 radical (unpaired) electrons. The summed E-state index contributed by atoms with van der Waals surface area (Å²) in [5.41, 5.74) is 0. The number of carboxylic acids is 1. The van der Waals surface area contributed by atoms with Crippen LogP contribution in [-0.4, -0.2) is 56.9 Å². The molecule has 0 rings (SSSR count). The van der Waals surface area contributed by atoms with Crippen molar-refractivity contribution in [2.75, 3.05) is 39.6 Å². The van der Waals surface area contributed by atoms with Gasteiger partial charge < -0.3 is 19.3 Å². The Morgan fingerprint density at radius 2 is 1.50 bits per heavy atom. The van der Waals surface area contributed by atoms with Gasteiger partial charge in [0.25, 0.3) is 0 Å². The van der Waals surface area contributed by atoms with Crippen LogP contribution in [0.4, 0.5) is 13.2 Å². The molecule has 0 aliphatic rings. The van der Waals surface area contributed by atoms with Crippen molar-refractivity contribution in [2.45, 2.75) is 6.18 Å². The van der Waals surface area contributed by atoms with Gasteiger partial charge in [-0.15, -0.1) is 0 Å². The predicted octanol–water partition coefficient (Wildman–Crippen LogP) is 0.683. The summed E-state index contributed by atoms with van der Waals surface area (Å²) in [6, 6.07) is 0. The molecule has 0 aliphatic heterocycles. The first-order chi connectivity index (χ1) is 7.42. The number of aliphatic carboxylic acids is 1. The van der Waals surface area contributed by atoms with E-state index in [1.807, 2.05) is 0 Å². The van der Waals surface area contributed by atoms with Crippen molar-refractivity contribution in [1.29, 1.82) is 0 Å². The van der Waals surface area contributed by atoms with Crippen molar-refractivity contribution >= 4 is 5.97 Å². The lowest BCUT2D eigenvalue weighted by atomic mass is 10.6. The molecule has 0 aromatic rings. The van der Waals surface area contributed by atoms with Gasteiger partial charge in [-0.3, -0.25) is 0 Å². The third-order valence-electron chi connectivity index (χ3n) is 1.24. The largest absolute Gasteiger partial charge is 0.480 e. The zero-order valence-electron chi connectivity index (χ0n) is 8.46. The van der Waals surface area contributed by atoms with Crippen LogP contribution < -0.4 is 0 Å². The minimum atomic E-state index is -4.33. The van der Waals surface area contributed by atoms with Gasteiger partial charge in [-0.25, -0.2) is 4.79 Å². The van der Waals surface area contributed by atoms with E-state index in [0.717, 1.165) is 0 Å². The SMILES string of the molecule is O=C(O)COCCOCCOCC(F)(F)F. The van der Waals surface area contributed by atoms with Crippen molar-refractivity contribution in [2.24, 2.45) is 0 Å². The van der Waals surface area contributed by atoms with Crippen LogP contribution >= 0.6 is 0 Å². The molecule has 0 amide bonds. The Labute approximate surface area is 90.1 Å². The molecule has 0 spiro atoms. The topological polar surface area (TPSA) is 65.0 Å². The van der Waals surface area contributed by atoms with E-state index in [9.17, 15) is 18.0 Å². The lowest BCUT2D eigenvalue weighted by Gasteiger charge is -2.07. The van der Waals surface area contributed by atoms with Gasteiger partial charge in [-0.2, -0.15) is 13.2 Å². The van der Waals surface area contributed by atoms with Crippen LogP contribution in [0.15, 0.2) is 0 Å². The summed E-state index contributed by atoms with van der Waals surface area (Å²) in [5, 5.41) is 8.17. The standard InChI is InChI=1S/C8H13F3O5/c9-8(10,11)6-16-4-2-14-1-3-15-5-7(12)13/h1-6H2,(H,12,13). The molecule has 16 heavy (non-hydrogen) atoms. The Balaban J connectivity index is 3.07. The van der Waals surface area contributed by atoms with Crippen molar-refractivity contribution in [1.82, 2.24) is 0 Å². The fourth-order valence-electron chi connectivity index (χ4n) is 0.685.